The minimum Gasteiger partial charge on any atom is -0.487 e. The zero-order chi connectivity index (χ0) is 31.6. The van der Waals surface area contributed by atoms with Gasteiger partial charge in [-0.05, 0) is 110 Å². The van der Waals surface area contributed by atoms with Gasteiger partial charge in [0.25, 0.3) is 5.91 Å². The predicted molar refractivity (Wildman–Crippen MR) is 177 cm³/mol. The van der Waals surface area contributed by atoms with Crippen LogP contribution in [0, 0.1) is 23.2 Å². The summed E-state index contributed by atoms with van der Waals surface area (Å²) < 4.78 is 36.5. The largest absolute Gasteiger partial charge is 0.487 e. The van der Waals surface area contributed by atoms with Crippen LogP contribution in [0.25, 0.3) is 0 Å². The number of aryl methyl sites for hydroxylation is 1. The number of hydrogen-bond acceptors (Lipinski definition) is 6. The summed E-state index contributed by atoms with van der Waals surface area (Å²) in [5.41, 5.74) is 2.64. The molecule has 0 unspecified atom stereocenters. The Morgan fingerprint density at radius 3 is 2.64 bits per heavy atom. The molecule has 0 radical (unpaired) electrons. The minimum atomic E-state index is -4.02. The van der Waals surface area contributed by atoms with Gasteiger partial charge in [0.1, 0.15) is 12.4 Å². The van der Waals surface area contributed by atoms with Crippen LogP contribution in [0.4, 0.5) is 5.69 Å². The van der Waals surface area contributed by atoms with Crippen molar-refractivity contribution in [2.24, 2.45) is 23.2 Å². The fourth-order valence-electron chi connectivity index (χ4n) is 6.97. The summed E-state index contributed by atoms with van der Waals surface area (Å²) in [7, 11) is -4.02. The molecule has 44 heavy (non-hydrogen) atoms. The zero-order valence-corrected chi connectivity index (χ0v) is 28.0. The van der Waals surface area contributed by atoms with Gasteiger partial charge in [-0.15, -0.1) is 0 Å². The Balaban J connectivity index is 1.56. The number of hydrogen-bond donors (Lipinski definition) is 2. The fraction of sp³-hybridized carbons (Fsp3) is 0.571. The van der Waals surface area contributed by atoms with Crippen LogP contribution in [0.1, 0.15) is 87.7 Å². The van der Waals surface area contributed by atoms with Crippen LogP contribution < -0.4 is 14.4 Å². The number of amides is 1. The molecule has 0 spiro atoms. The maximum absolute atomic E-state index is 13.8. The number of aliphatic hydroxyl groups is 1. The minimum absolute atomic E-state index is 0.113. The second kappa shape index (κ2) is 13.4. The average Bonchev–Trinajstić information content (AvgIpc) is 2.96. The summed E-state index contributed by atoms with van der Waals surface area (Å²) >= 11 is 6.32. The van der Waals surface area contributed by atoms with E-state index in [2.05, 4.69) is 9.62 Å². The summed E-state index contributed by atoms with van der Waals surface area (Å²) in [6, 6.07) is 11.1. The van der Waals surface area contributed by atoms with Gasteiger partial charge in [-0.3, -0.25) is 4.79 Å². The van der Waals surface area contributed by atoms with Crippen LogP contribution in [0.15, 0.2) is 48.6 Å². The standard InChI is InChI=1S/C35H47ClN2O5S/c1-23(2)18-33-35(3,4)16-7-9-31(39)29-14-11-26(29)21-38-17-6-5-8-24-19-28(36)13-10-27(24)22-43-32-15-12-25(20-30(32)38)34(40)37-44(33,41)42/h7,9-10,12-13,15,19-20,23,26,29,31,33,39H,5-6,8,11,14,16-18,21-22H2,1-4H3,(H,37,40)/b9-7+/t26-,29+,31-,33-/m0/s1. The zero-order valence-electron chi connectivity index (χ0n) is 26.4. The first kappa shape index (κ1) is 32.8. The van der Waals surface area contributed by atoms with Crippen molar-refractivity contribution < 1.29 is 23.1 Å². The Kier molecular flexibility index (Phi) is 10.0. The molecule has 2 N–H and O–H groups in total. The SMILES string of the molecule is CC(C)C[C@H]1C(C)(C)C/C=C/[C@H](O)[C@@H]2CC[C@H]2CN2CCCCc3cc(Cl)ccc3COc3ccc(cc32)C(=O)NS1(=O)=O. The maximum atomic E-state index is 13.8. The van der Waals surface area contributed by atoms with Gasteiger partial charge in [0, 0.05) is 23.7 Å². The predicted octanol–water partition coefficient (Wildman–Crippen LogP) is 6.91. The first-order chi connectivity index (χ1) is 20.8. The number of carbonyl (C=O) groups is 1. The second-order valence-electron chi connectivity index (χ2n) is 14.0. The summed E-state index contributed by atoms with van der Waals surface area (Å²) in [4.78, 5) is 15.9. The number of aliphatic hydroxyl groups excluding tert-OH is 1. The lowest BCUT2D eigenvalue weighted by Crippen LogP contribution is -2.46. The molecule has 2 aromatic carbocycles. The molecule has 0 aromatic heterocycles. The molecular weight excluding hydrogens is 596 g/mol. The van der Waals surface area contributed by atoms with E-state index >= 15 is 0 Å². The molecule has 3 aliphatic rings. The highest BCUT2D eigenvalue weighted by atomic mass is 35.5. The highest BCUT2D eigenvalue weighted by Crippen LogP contribution is 2.42. The molecule has 1 fully saturated rings. The lowest BCUT2D eigenvalue weighted by atomic mass is 9.70. The molecule has 9 heteroatoms. The van der Waals surface area contributed by atoms with Gasteiger partial charge in [0.15, 0.2) is 0 Å². The molecule has 7 nitrogen and oxygen atoms in total. The van der Waals surface area contributed by atoms with Gasteiger partial charge in [-0.1, -0.05) is 57.5 Å². The van der Waals surface area contributed by atoms with Crippen LogP contribution in [0.5, 0.6) is 5.75 Å². The van der Waals surface area contributed by atoms with E-state index < -0.39 is 32.7 Å². The Labute approximate surface area is 268 Å². The lowest BCUT2D eigenvalue weighted by Gasteiger charge is -2.43. The van der Waals surface area contributed by atoms with E-state index in [0.717, 1.165) is 56.4 Å². The van der Waals surface area contributed by atoms with Gasteiger partial charge in [-0.2, -0.15) is 0 Å². The topological polar surface area (TPSA) is 95.9 Å². The van der Waals surface area contributed by atoms with Crippen molar-refractivity contribution in [3.63, 3.8) is 0 Å². The summed E-state index contributed by atoms with van der Waals surface area (Å²) in [6.07, 6.45) is 8.81. The van der Waals surface area contributed by atoms with Gasteiger partial charge in [0.05, 0.1) is 17.0 Å². The van der Waals surface area contributed by atoms with Crippen LogP contribution >= 0.6 is 11.6 Å². The van der Waals surface area contributed by atoms with Crippen molar-refractivity contribution in [2.75, 3.05) is 18.0 Å². The number of fused-ring (bicyclic) bond motifs is 3. The highest BCUT2D eigenvalue weighted by molar-refractivity contribution is 7.90. The summed E-state index contributed by atoms with van der Waals surface area (Å²) in [5.74, 6) is 0.533. The van der Waals surface area contributed by atoms with Crippen LogP contribution in [0.2, 0.25) is 5.02 Å². The quantitative estimate of drug-likeness (QED) is 0.346. The lowest BCUT2D eigenvalue weighted by molar-refractivity contribution is 0.0460. The van der Waals surface area contributed by atoms with Gasteiger partial charge >= 0.3 is 0 Å². The molecule has 1 aliphatic carbocycles. The summed E-state index contributed by atoms with van der Waals surface area (Å²) in [5, 5.41) is 11.1. The second-order valence-corrected chi connectivity index (χ2v) is 16.3. The highest BCUT2D eigenvalue weighted by Gasteiger charge is 2.41. The number of nitrogens with zero attached hydrogens (tertiary/aromatic N) is 1. The van der Waals surface area contributed by atoms with Crippen LogP contribution in [0.3, 0.4) is 0 Å². The van der Waals surface area contributed by atoms with Crippen molar-refractivity contribution in [1.29, 1.82) is 0 Å². The maximum Gasteiger partial charge on any atom is 0.264 e. The molecule has 1 saturated carbocycles. The number of rotatable bonds is 2. The Bertz CT molecular complexity index is 1490. The molecule has 2 bridgehead atoms. The molecule has 240 valence electrons. The molecule has 5 rings (SSSR count). The summed E-state index contributed by atoms with van der Waals surface area (Å²) in [6.45, 7) is 9.66. The first-order valence-corrected chi connectivity index (χ1v) is 18.0. The van der Waals surface area contributed by atoms with E-state index in [1.54, 1.807) is 18.2 Å². The molecule has 4 atom stereocenters. The molecule has 2 aromatic rings. The molecule has 0 saturated heterocycles. The van der Waals surface area contributed by atoms with Gasteiger partial charge < -0.3 is 14.7 Å². The first-order valence-electron chi connectivity index (χ1n) is 16.0. The van der Waals surface area contributed by atoms with E-state index in [4.69, 9.17) is 16.3 Å². The number of carbonyl (C=O) groups excluding carboxylic acids is 1. The number of halogens is 1. The van der Waals surface area contributed by atoms with Gasteiger partial charge in [0.2, 0.25) is 10.0 Å². The van der Waals surface area contributed by atoms with E-state index in [1.807, 2.05) is 58.0 Å². The number of ether oxygens (including phenoxy) is 1. The van der Waals surface area contributed by atoms with Crippen molar-refractivity contribution in [3.8, 4) is 5.75 Å². The molecule has 2 aliphatic heterocycles. The number of benzene rings is 2. The van der Waals surface area contributed by atoms with Crippen molar-refractivity contribution in [2.45, 2.75) is 90.6 Å². The third-order valence-corrected chi connectivity index (χ3v) is 12.0. The molecular formula is C35H47ClN2O5S. The Morgan fingerprint density at radius 2 is 1.91 bits per heavy atom. The van der Waals surface area contributed by atoms with Crippen molar-refractivity contribution in [1.82, 2.24) is 4.72 Å². The number of allylic oxidation sites excluding steroid dienone is 1. The van der Waals surface area contributed by atoms with Gasteiger partial charge in [-0.25, -0.2) is 13.1 Å². The Morgan fingerprint density at radius 1 is 1.11 bits per heavy atom. The molecule has 1 amide bonds. The monoisotopic (exact) mass is 642 g/mol. The third kappa shape index (κ3) is 7.45. The Hall–Kier alpha value is -2.55. The number of anilines is 1. The van der Waals surface area contributed by atoms with E-state index in [0.29, 0.717) is 30.2 Å². The fourth-order valence-corrected chi connectivity index (χ4v) is 9.26. The van der Waals surface area contributed by atoms with Crippen LogP contribution in [-0.4, -0.2) is 43.9 Å². The molecule has 2 heterocycles. The van der Waals surface area contributed by atoms with E-state index in [-0.39, 0.29) is 23.3 Å². The van der Waals surface area contributed by atoms with Crippen molar-refractivity contribution in [3.05, 3.63) is 70.3 Å². The number of nitrogens with one attached hydrogen (secondary N) is 1. The van der Waals surface area contributed by atoms with E-state index in [1.165, 1.54) is 5.56 Å². The normalized spacial score (nSPS) is 27.9. The van der Waals surface area contributed by atoms with Crippen LogP contribution in [-0.2, 0) is 23.1 Å². The smallest absolute Gasteiger partial charge is 0.264 e. The van der Waals surface area contributed by atoms with E-state index in [9.17, 15) is 18.3 Å². The number of sulfonamides is 1. The third-order valence-electron chi connectivity index (χ3n) is 9.75. The average molecular weight is 643 g/mol. The van der Waals surface area contributed by atoms with Crippen molar-refractivity contribution >= 4 is 33.2 Å².